The van der Waals surface area contributed by atoms with Crippen molar-refractivity contribution in [3.8, 4) is 0 Å². The van der Waals surface area contributed by atoms with Gasteiger partial charge in [0, 0.05) is 0 Å². The summed E-state index contributed by atoms with van der Waals surface area (Å²) < 4.78 is 5.02. The Kier molecular flexibility index (Phi) is 2.45. The summed E-state index contributed by atoms with van der Waals surface area (Å²) in [5.41, 5.74) is -1.32. The summed E-state index contributed by atoms with van der Waals surface area (Å²) in [6.45, 7) is 5.38. The van der Waals surface area contributed by atoms with Crippen molar-refractivity contribution in [2.45, 2.75) is 37.4 Å². The zero-order valence-corrected chi connectivity index (χ0v) is 8.69. The topological polar surface area (TPSA) is 29.3 Å². The minimum atomic E-state index is -0.493. The Morgan fingerprint density at radius 2 is 1.75 bits per heavy atom. The van der Waals surface area contributed by atoms with Crippen molar-refractivity contribution in [2.75, 3.05) is 0 Å². The molecule has 1 saturated heterocycles. The number of carbonyl (C=O) groups excluding carboxylic acids is 1. The lowest BCUT2D eigenvalue weighted by Crippen LogP contribution is -2.27. The molecular formula is C7H11Cl2NO2. The summed E-state index contributed by atoms with van der Waals surface area (Å²) in [5.74, 6) is 0. The smallest absolute Gasteiger partial charge is 0.412 e. The maximum absolute atomic E-state index is 11.2. The van der Waals surface area contributed by atoms with Gasteiger partial charge in [-0.3, -0.25) is 4.90 Å². The van der Waals surface area contributed by atoms with Gasteiger partial charge in [-0.1, -0.05) is 23.2 Å². The van der Waals surface area contributed by atoms with Crippen molar-refractivity contribution in [1.82, 2.24) is 4.90 Å². The molecule has 0 aromatic carbocycles. The molecule has 0 bridgehead atoms. The van der Waals surface area contributed by atoms with Crippen LogP contribution in [0.1, 0.15) is 20.8 Å². The van der Waals surface area contributed by atoms with Gasteiger partial charge in [-0.25, -0.2) is 4.79 Å². The summed E-state index contributed by atoms with van der Waals surface area (Å²) >= 11 is 11.2. The van der Waals surface area contributed by atoms with Crippen molar-refractivity contribution in [3.63, 3.8) is 0 Å². The Morgan fingerprint density at radius 1 is 1.33 bits per heavy atom. The third-order valence-electron chi connectivity index (χ3n) is 1.27. The molecule has 1 amide bonds. The van der Waals surface area contributed by atoms with E-state index in [1.54, 1.807) is 20.8 Å². The van der Waals surface area contributed by atoms with E-state index in [0.717, 1.165) is 0 Å². The van der Waals surface area contributed by atoms with Crippen molar-refractivity contribution < 1.29 is 9.53 Å². The summed E-state index contributed by atoms with van der Waals surface area (Å²) in [5, 5.41) is 0. The number of alkyl halides is 2. The molecule has 70 valence electrons. The summed E-state index contributed by atoms with van der Waals surface area (Å²) in [6, 6.07) is 0. The van der Waals surface area contributed by atoms with Gasteiger partial charge in [0.1, 0.15) is 16.6 Å². The van der Waals surface area contributed by atoms with Gasteiger partial charge in [-0.15, -0.1) is 0 Å². The predicted molar refractivity (Wildman–Crippen MR) is 47.4 cm³/mol. The number of hydrogen-bond donors (Lipinski definition) is 0. The molecule has 0 aliphatic carbocycles. The van der Waals surface area contributed by atoms with Crippen LogP contribution in [0.5, 0.6) is 0 Å². The van der Waals surface area contributed by atoms with E-state index in [-0.39, 0.29) is 0 Å². The first kappa shape index (κ1) is 9.93. The Hall–Kier alpha value is -0.150. The number of amides is 1. The first-order chi connectivity index (χ1) is 5.33. The van der Waals surface area contributed by atoms with Gasteiger partial charge in [0.2, 0.25) is 0 Å². The molecule has 1 rings (SSSR count). The Balaban J connectivity index is 2.41. The quantitative estimate of drug-likeness (QED) is 0.350. The highest BCUT2D eigenvalue weighted by Gasteiger charge is 2.50. The van der Waals surface area contributed by atoms with Crippen molar-refractivity contribution in [2.24, 2.45) is 0 Å². The van der Waals surface area contributed by atoms with Gasteiger partial charge in [-0.2, -0.15) is 0 Å². The minimum absolute atomic E-state index is 0.415. The van der Waals surface area contributed by atoms with Crippen LogP contribution in [0.3, 0.4) is 0 Å². The summed E-state index contributed by atoms with van der Waals surface area (Å²) in [7, 11) is 0. The van der Waals surface area contributed by atoms with Gasteiger partial charge in [-0.05, 0) is 20.8 Å². The number of rotatable bonds is 0. The third kappa shape index (κ3) is 2.17. The van der Waals surface area contributed by atoms with Crippen LogP contribution in [0.2, 0.25) is 0 Å². The monoisotopic (exact) mass is 211 g/mol. The van der Waals surface area contributed by atoms with Crippen LogP contribution >= 0.6 is 23.2 Å². The molecule has 5 heteroatoms. The molecule has 1 fully saturated rings. The average molecular weight is 212 g/mol. The molecule has 2 atom stereocenters. The van der Waals surface area contributed by atoms with E-state index < -0.39 is 22.7 Å². The third-order valence-corrected chi connectivity index (χ3v) is 2.30. The average Bonchev–Trinajstić information content (AvgIpc) is 2.36. The second kappa shape index (κ2) is 2.96. The van der Waals surface area contributed by atoms with Crippen LogP contribution in [0.15, 0.2) is 0 Å². The van der Waals surface area contributed by atoms with Crippen LogP contribution in [0.4, 0.5) is 4.79 Å². The SMILES string of the molecule is CC(C)(C)OC(=O)N1C(Cl)C1Cl. The lowest BCUT2D eigenvalue weighted by Gasteiger charge is -2.19. The molecular weight excluding hydrogens is 201 g/mol. The maximum atomic E-state index is 11.2. The summed E-state index contributed by atoms with van der Waals surface area (Å²) in [6.07, 6.45) is -0.456. The largest absolute Gasteiger partial charge is 0.444 e. The molecule has 0 spiro atoms. The summed E-state index contributed by atoms with van der Waals surface area (Å²) in [4.78, 5) is 12.4. The Labute approximate surface area is 81.6 Å². The van der Waals surface area contributed by atoms with E-state index in [2.05, 4.69) is 0 Å². The van der Waals surface area contributed by atoms with Crippen molar-refractivity contribution in [3.05, 3.63) is 0 Å². The van der Waals surface area contributed by atoms with E-state index in [1.807, 2.05) is 0 Å². The normalized spacial score (nSPS) is 28.6. The molecule has 0 radical (unpaired) electrons. The predicted octanol–water partition coefficient (Wildman–Crippen LogP) is 2.37. The second-order valence-corrected chi connectivity index (χ2v) is 4.53. The first-order valence-corrected chi connectivity index (χ1v) is 4.50. The molecule has 0 N–H and O–H groups in total. The number of hydrogen-bond acceptors (Lipinski definition) is 2. The molecule has 2 unspecified atom stereocenters. The molecule has 0 aromatic heterocycles. The highest BCUT2D eigenvalue weighted by atomic mass is 35.5. The lowest BCUT2D eigenvalue weighted by molar-refractivity contribution is 0.0413. The number of nitrogens with zero attached hydrogens (tertiary/aromatic N) is 1. The molecule has 1 aliphatic heterocycles. The molecule has 3 nitrogen and oxygen atoms in total. The van der Waals surface area contributed by atoms with E-state index >= 15 is 0 Å². The van der Waals surface area contributed by atoms with Crippen LogP contribution in [0.25, 0.3) is 0 Å². The van der Waals surface area contributed by atoms with Crippen LogP contribution in [-0.4, -0.2) is 27.6 Å². The second-order valence-electron chi connectivity index (χ2n) is 3.63. The van der Waals surface area contributed by atoms with E-state index in [4.69, 9.17) is 27.9 Å². The molecule has 12 heavy (non-hydrogen) atoms. The van der Waals surface area contributed by atoms with Gasteiger partial charge in [0.15, 0.2) is 0 Å². The van der Waals surface area contributed by atoms with Gasteiger partial charge in [0.25, 0.3) is 0 Å². The Bertz CT molecular complexity index is 194. The highest BCUT2D eigenvalue weighted by molar-refractivity contribution is 6.34. The van der Waals surface area contributed by atoms with E-state index in [1.165, 1.54) is 4.90 Å². The zero-order valence-electron chi connectivity index (χ0n) is 7.17. The molecule has 0 aromatic rings. The molecule has 1 aliphatic rings. The van der Waals surface area contributed by atoms with Gasteiger partial charge in [0.05, 0.1) is 0 Å². The lowest BCUT2D eigenvalue weighted by atomic mass is 10.2. The minimum Gasteiger partial charge on any atom is -0.444 e. The maximum Gasteiger partial charge on any atom is 0.412 e. The fraction of sp³-hybridized carbons (Fsp3) is 0.857. The fourth-order valence-corrected chi connectivity index (χ4v) is 1.26. The molecule has 0 saturated carbocycles. The zero-order chi connectivity index (χ0) is 9.52. The van der Waals surface area contributed by atoms with Crippen LogP contribution in [-0.2, 0) is 4.74 Å². The van der Waals surface area contributed by atoms with Crippen molar-refractivity contribution >= 4 is 29.3 Å². The molecule has 1 heterocycles. The highest BCUT2D eigenvalue weighted by Crippen LogP contribution is 2.36. The fourth-order valence-electron chi connectivity index (χ4n) is 0.692. The van der Waals surface area contributed by atoms with Crippen LogP contribution < -0.4 is 0 Å². The van der Waals surface area contributed by atoms with Gasteiger partial charge >= 0.3 is 6.09 Å². The van der Waals surface area contributed by atoms with E-state index in [0.29, 0.717) is 0 Å². The van der Waals surface area contributed by atoms with E-state index in [9.17, 15) is 4.79 Å². The standard InChI is InChI=1S/C7H11Cl2NO2/c1-7(2,3)12-6(11)10-4(8)5(10)9/h4-5H,1-3H3. The van der Waals surface area contributed by atoms with Crippen LogP contribution in [0, 0.1) is 0 Å². The van der Waals surface area contributed by atoms with Crippen molar-refractivity contribution in [1.29, 1.82) is 0 Å². The van der Waals surface area contributed by atoms with Gasteiger partial charge < -0.3 is 4.74 Å². The first-order valence-electron chi connectivity index (χ1n) is 3.62. The number of ether oxygens (including phenoxy) is 1. The number of carbonyl (C=O) groups is 1. The Morgan fingerprint density at radius 3 is 2.00 bits per heavy atom. The number of halogens is 2.